The number of nitriles is 1. The van der Waals surface area contributed by atoms with Crippen molar-refractivity contribution in [1.82, 2.24) is 9.47 Å². The highest BCUT2D eigenvalue weighted by atomic mass is 16.5. The quantitative estimate of drug-likeness (QED) is 0.754. The van der Waals surface area contributed by atoms with Crippen molar-refractivity contribution < 1.29 is 9.53 Å². The number of hydrogen-bond acceptors (Lipinski definition) is 4. The monoisotopic (exact) mass is 263 g/mol. The Morgan fingerprint density at radius 2 is 2.32 bits per heavy atom. The molecule has 0 aliphatic carbocycles. The predicted molar refractivity (Wildman–Crippen MR) is 69.7 cm³/mol. The van der Waals surface area contributed by atoms with Gasteiger partial charge in [-0.05, 0) is 19.1 Å². The van der Waals surface area contributed by atoms with E-state index in [9.17, 15) is 9.59 Å². The molecular formula is C13H17N3O3. The van der Waals surface area contributed by atoms with Crippen molar-refractivity contribution in [2.45, 2.75) is 19.9 Å². The summed E-state index contributed by atoms with van der Waals surface area (Å²) < 4.78 is 6.48. The van der Waals surface area contributed by atoms with Crippen molar-refractivity contribution in [1.29, 1.82) is 5.26 Å². The third kappa shape index (κ3) is 4.14. The average molecular weight is 263 g/mol. The van der Waals surface area contributed by atoms with Crippen LogP contribution < -0.4 is 10.3 Å². The Morgan fingerprint density at radius 1 is 1.58 bits per heavy atom. The SMILES string of the molecule is CCOc1cccn(CC(=O)N(C)CCC#N)c1=O. The van der Waals surface area contributed by atoms with Crippen molar-refractivity contribution in [3.05, 3.63) is 28.7 Å². The van der Waals surface area contributed by atoms with Crippen molar-refractivity contribution in [3.8, 4) is 11.8 Å². The molecule has 0 bridgehead atoms. The van der Waals surface area contributed by atoms with Crippen molar-refractivity contribution >= 4 is 5.91 Å². The van der Waals surface area contributed by atoms with Crippen LogP contribution in [0.1, 0.15) is 13.3 Å². The van der Waals surface area contributed by atoms with Crippen LogP contribution in [0.15, 0.2) is 23.1 Å². The normalized spacial score (nSPS) is 9.74. The maximum absolute atomic E-state index is 11.9. The number of ether oxygens (including phenoxy) is 1. The van der Waals surface area contributed by atoms with Gasteiger partial charge in [-0.15, -0.1) is 0 Å². The van der Waals surface area contributed by atoms with E-state index in [0.717, 1.165) is 0 Å². The molecule has 0 saturated heterocycles. The first kappa shape index (κ1) is 14.8. The number of rotatable bonds is 6. The molecule has 102 valence electrons. The van der Waals surface area contributed by atoms with E-state index in [-0.39, 0.29) is 30.2 Å². The van der Waals surface area contributed by atoms with Crippen molar-refractivity contribution in [2.75, 3.05) is 20.2 Å². The molecule has 0 aliphatic heterocycles. The molecule has 1 aromatic heterocycles. The molecule has 0 aromatic carbocycles. The first-order valence-corrected chi connectivity index (χ1v) is 6.03. The molecule has 0 unspecified atom stereocenters. The van der Waals surface area contributed by atoms with Crippen LogP contribution in [-0.2, 0) is 11.3 Å². The molecule has 0 atom stereocenters. The Morgan fingerprint density at radius 3 is 2.95 bits per heavy atom. The molecule has 1 aromatic rings. The van der Waals surface area contributed by atoms with Crippen LogP contribution in [-0.4, -0.2) is 35.6 Å². The number of likely N-dealkylation sites (N-methyl/N-ethyl adjacent to an activating group) is 1. The minimum absolute atomic E-state index is 0.0539. The Kier molecular flexibility index (Phi) is 5.61. The van der Waals surface area contributed by atoms with Crippen LogP contribution in [0.2, 0.25) is 0 Å². The van der Waals surface area contributed by atoms with Crippen LogP contribution in [0.3, 0.4) is 0 Å². The number of amides is 1. The molecule has 1 rings (SSSR count). The third-order valence-electron chi connectivity index (χ3n) is 2.58. The van der Waals surface area contributed by atoms with E-state index in [1.165, 1.54) is 9.47 Å². The van der Waals surface area contributed by atoms with E-state index in [1.54, 1.807) is 32.3 Å². The van der Waals surface area contributed by atoms with E-state index >= 15 is 0 Å². The van der Waals surface area contributed by atoms with Gasteiger partial charge in [-0.2, -0.15) is 5.26 Å². The molecule has 0 radical (unpaired) electrons. The van der Waals surface area contributed by atoms with Gasteiger partial charge in [0.2, 0.25) is 5.91 Å². The lowest BCUT2D eigenvalue weighted by atomic mass is 10.4. The molecule has 6 nitrogen and oxygen atoms in total. The maximum Gasteiger partial charge on any atom is 0.293 e. The van der Waals surface area contributed by atoms with Crippen LogP contribution >= 0.6 is 0 Å². The fraction of sp³-hybridized carbons (Fsp3) is 0.462. The summed E-state index contributed by atoms with van der Waals surface area (Å²) in [5.74, 6) is 0.0171. The van der Waals surface area contributed by atoms with Crippen LogP contribution in [0.5, 0.6) is 5.75 Å². The smallest absolute Gasteiger partial charge is 0.293 e. The fourth-order valence-electron chi connectivity index (χ4n) is 1.51. The summed E-state index contributed by atoms with van der Waals surface area (Å²) >= 11 is 0. The van der Waals surface area contributed by atoms with Gasteiger partial charge in [0.25, 0.3) is 5.56 Å². The maximum atomic E-state index is 11.9. The summed E-state index contributed by atoms with van der Waals surface area (Å²) in [5, 5.41) is 8.47. The largest absolute Gasteiger partial charge is 0.488 e. The summed E-state index contributed by atoms with van der Waals surface area (Å²) in [5.41, 5.74) is -0.327. The van der Waals surface area contributed by atoms with E-state index in [1.807, 2.05) is 6.07 Å². The number of pyridine rings is 1. The van der Waals surface area contributed by atoms with Crippen LogP contribution in [0, 0.1) is 11.3 Å². The van der Waals surface area contributed by atoms with E-state index in [4.69, 9.17) is 10.00 Å². The van der Waals surface area contributed by atoms with Crippen molar-refractivity contribution in [2.24, 2.45) is 0 Å². The van der Waals surface area contributed by atoms with Gasteiger partial charge in [-0.25, -0.2) is 0 Å². The standard InChI is InChI=1S/C13H17N3O3/c1-3-19-11-6-4-9-16(13(11)18)10-12(17)15(2)8-5-7-14/h4,6,9H,3,5,8,10H2,1-2H3. The Bertz CT molecular complexity index is 531. The summed E-state index contributed by atoms with van der Waals surface area (Å²) in [7, 11) is 1.61. The molecule has 0 N–H and O–H groups in total. The highest BCUT2D eigenvalue weighted by Gasteiger charge is 2.11. The van der Waals surface area contributed by atoms with E-state index in [0.29, 0.717) is 13.2 Å². The zero-order valence-corrected chi connectivity index (χ0v) is 11.1. The van der Waals surface area contributed by atoms with Gasteiger partial charge < -0.3 is 14.2 Å². The van der Waals surface area contributed by atoms with Gasteiger partial charge in [0.1, 0.15) is 6.54 Å². The van der Waals surface area contributed by atoms with Gasteiger partial charge in [0.15, 0.2) is 5.75 Å². The van der Waals surface area contributed by atoms with E-state index in [2.05, 4.69) is 0 Å². The highest BCUT2D eigenvalue weighted by molar-refractivity contribution is 5.75. The van der Waals surface area contributed by atoms with Crippen LogP contribution in [0.25, 0.3) is 0 Å². The van der Waals surface area contributed by atoms with Gasteiger partial charge in [-0.1, -0.05) is 0 Å². The molecule has 0 fully saturated rings. The summed E-state index contributed by atoms with van der Waals surface area (Å²) in [6.45, 7) is 2.49. The Hall–Kier alpha value is -2.29. The van der Waals surface area contributed by atoms with E-state index < -0.39 is 0 Å². The molecular weight excluding hydrogens is 246 g/mol. The molecule has 0 aliphatic rings. The summed E-state index contributed by atoms with van der Waals surface area (Å²) in [6, 6.07) is 5.21. The Labute approximate surface area is 111 Å². The zero-order valence-electron chi connectivity index (χ0n) is 11.1. The number of nitrogens with zero attached hydrogens (tertiary/aromatic N) is 3. The molecule has 19 heavy (non-hydrogen) atoms. The molecule has 1 heterocycles. The van der Waals surface area contributed by atoms with Gasteiger partial charge in [-0.3, -0.25) is 9.59 Å². The lowest BCUT2D eigenvalue weighted by Gasteiger charge is -2.16. The topological polar surface area (TPSA) is 75.3 Å². The number of hydrogen-bond donors (Lipinski definition) is 0. The van der Waals surface area contributed by atoms with Gasteiger partial charge in [0.05, 0.1) is 19.1 Å². The second-order valence-corrected chi connectivity index (χ2v) is 3.96. The first-order chi connectivity index (χ1) is 9.10. The molecule has 1 amide bonds. The fourth-order valence-corrected chi connectivity index (χ4v) is 1.51. The van der Waals surface area contributed by atoms with Gasteiger partial charge >= 0.3 is 0 Å². The second-order valence-electron chi connectivity index (χ2n) is 3.96. The first-order valence-electron chi connectivity index (χ1n) is 6.03. The van der Waals surface area contributed by atoms with Crippen molar-refractivity contribution in [3.63, 3.8) is 0 Å². The lowest BCUT2D eigenvalue weighted by molar-refractivity contribution is -0.130. The lowest BCUT2D eigenvalue weighted by Crippen LogP contribution is -2.34. The molecule has 6 heteroatoms. The van der Waals surface area contributed by atoms with Crippen LogP contribution in [0.4, 0.5) is 0 Å². The minimum Gasteiger partial charge on any atom is -0.488 e. The molecule has 0 saturated carbocycles. The minimum atomic E-state index is -0.327. The number of carbonyl (C=O) groups excluding carboxylic acids is 1. The number of carbonyl (C=O) groups is 1. The average Bonchev–Trinajstić information content (AvgIpc) is 2.40. The number of aromatic nitrogens is 1. The Balaban J connectivity index is 2.77. The molecule has 0 spiro atoms. The highest BCUT2D eigenvalue weighted by Crippen LogP contribution is 2.02. The predicted octanol–water partition coefficient (Wildman–Crippen LogP) is 0.619. The summed E-state index contributed by atoms with van der Waals surface area (Å²) in [6.07, 6.45) is 1.82. The third-order valence-corrected chi connectivity index (χ3v) is 2.58. The van der Waals surface area contributed by atoms with Gasteiger partial charge in [0, 0.05) is 19.8 Å². The summed E-state index contributed by atoms with van der Waals surface area (Å²) in [4.78, 5) is 25.2. The zero-order chi connectivity index (χ0) is 14.3. The second kappa shape index (κ2) is 7.21.